The fourth-order valence-corrected chi connectivity index (χ4v) is 1.68. The Labute approximate surface area is 105 Å². The number of hydrogen-bond acceptors (Lipinski definition) is 3. The van der Waals surface area contributed by atoms with Gasteiger partial charge in [0.15, 0.2) is 0 Å². The van der Waals surface area contributed by atoms with Gasteiger partial charge in [-0.1, -0.05) is 19.1 Å². The van der Waals surface area contributed by atoms with Crippen LogP contribution in [-0.4, -0.2) is 20.8 Å². The van der Waals surface area contributed by atoms with Crippen molar-refractivity contribution in [3.8, 4) is 5.69 Å². The van der Waals surface area contributed by atoms with Gasteiger partial charge in [0.05, 0.1) is 23.6 Å². The number of aliphatic hydroxyl groups excluding tert-OH is 1. The van der Waals surface area contributed by atoms with E-state index in [-0.39, 0.29) is 0 Å². The third-order valence-electron chi connectivity index (χ3n) is 2.80. The van der Waals surface area contributed by atoms with Crippen LogP contribution in [-0.2, 0) is 0 Å². The zero-order chi connectivity index (χ0) is 13.1. The Morgan fingerprint density at radius 1 is 1.44 bits per heavy atom. The molecular weight excluding hydrogens is 230 g/mol. The molecular formula is C13H15N3O2. The van der Waals surface area contributed by atoms with Crippen molar-refractivity contribution in [2.45, 2.75) is 19.4 Å². The molecule has 0 radical (unpaired) electrons. The molecule has 0 aliphatic rings. The highest BCUT2D eigenvalue weighted by atomic mass is 16.3. The SMILES string of the molecule is CCC(O)c1ccc(-n2cc(C(N)=O)cn2)cc1. The minimum absolute atomic E-state index is 0.368. The molecule has 5 nitrogen and oxygen atoms in total. The molecule has 0 aliphatic carbocycles. The maximum absolute atomic E-state index is 11.0. The largest absolute Gasteiger partial charge is 0.388 e. The van der Waals surface area contributed by atoms with Crippen molar-refractivity contribution >= 4 is 5.91 Å². The van der Waals surface area contributed by atoms with Gasteiger partial charge in [-0.3, -0.25) is 4.79 Å². The number of nitrogens with two attached hydrogens (primary N) is 1. The molecule has 1 amide bonds. The number of carbonyl (C=O) groups excluding carboxylic acids is 1. The molecule has 0 bridgehead atoms. The molecule has 94 valence electrons. The van der Waals surface area contributed by atoms with E-state index in [9.17, 15) is 9.90 Å². The normalized spacial score (nSPS) is 12.3. The Kier molecular flexibility index (Phi) is 3.43. The summed E-state index contributed by atoms with van der Waals surface area (Å²) in [5.41, 5.74) is 7.21. The van der Waals surface area contributed by atoms with E-state index >= 15 is 0 Å². The lowest BCUT2D eigenvalue weighted by Gasteiger charge is -2.08. The molecule has 2 aromatic rings. The summed E-state index contributed by atoms with van der Waals surface area (Å²) in [7, 11) is 0. The van der Waals surface area contributed by atoms with Gasteiger partial charge in [-0.2, -0.15) is 5.10 Å². The monoisotopic (exact) mass is 245 g/mol. The zero-order valence-corrected chi connectivity index (χ0v) is 10.1. The van der Waals surface area contributed by atoms with Gasteiger partial charge in [-0.15, -0.1) is 0 Å². The van der Waals surface area contributed by atoms with Gasteiger partial charge in [0.1, 0.15) is 0 Å². The summed E-state index contributed by atoms with van der Waals surface area (Å²) in [6.07, 6.45) is 3.23. The third kappa shape index (κ3) is 2.41. The predicted molar refractivity (Wildman–Crippen MR) is 67.3 cm³/mol. The Morgan fingerprint density at radius 3 is 2.61 bits per heavy atom. The molecule has 1 unspecified atom stereocenters. The molecule has 0 saturated carbocycles. The van der Waals surface area contributed by atoms with Crippen molar-refractivity contribution < 1.29 is 9.90 Å². The van der Waals surface area contributed by atoms with E-state index < -0.39 is 12.0 Å². The van der Waals surface area contributed by atoms with Crippen LogP contribution in [0.2, 0.25) is 0 Å². The summed E-state index contributed by atoms with van der Waals surface area (Å²) < 4.78 is 1.57. The number of rotatable bonds is 4. The first-order valence-electron chi connectivity index (χ1n) is 5.74. The number of amides is 1. The molecule has 2 rings (SSSR count). The number of carbonyl (C=O) groups is 1. The van der Waals surface area contributed by atoms with Crippen LogP contribution < -0.4 is 5.73 Å². The van der Waals surface area contributed by atoms with Gasteiger partial charge < -0.3 is 10.8 Å². The molecule has 0 saturated heterocycles. The standard InChI is InChI=1S/C13H15N3O2/c1-2-12(17)9-3-5-11(6-4-9)16-8-10(7-15-16)13(14)18/h3-8,12,17H,2H2,1H3,(H2,14,18). The highest BCUT2D eigenvalue weighted by molar-refractivity contribution is 5.92. The van der Waals surface area contributed by atoms with Crippen LogP contribution >= 0.6 is 0 Å². The summed E-state index contributed by atoms with van der Waals surface area (Å²) in [5.74, 6) is -0.501. The lowest BCUT2D eigenvalue weighted by Crippen LogP contribution is -2.09. The first-order valence-corrected chi connectivity index (χ1v) is 5.74. The molecule has 1 heterocycles. The number of aliphatic hydroxyl groups is 1. The van der Waals surface area contributed by atoms with Crippen molar-refractivity contribution in [3.05, 3.63) is 47.8 Å². The van der Waals surface area contributed by atoms with Gasteiger partial charge in [-0.25, -0.2) is 4.68 Å². The number of primary amides is 1. The molecule has 1 aromatic carbocycles. The Balaban J connectivity index is 2.25. The summed E-state index contributed by atoms with van der Waals surface area (Å²) >= 11 is 0. The summed E-state index contributed by atoms with van der Waals surface area (Å²) in [4.78, 5) is 11.0. The van der Waals surface area contributed by atoms with Crippen molar-refractivity contribution in [2.24, 2.45) is 5.73 Å². The predicted octanol–water partition coefficient (Wildman–Crippen LogP) is 1.41. The summed E-state index contributed by atoms with van der Waals surface area (Å²) in [6, 6.07) is 7.36. The second-order valence-corrected chi connectivity index (χ2v) is 4.05. The van der Waals surface area contributed by atoms with Crippen molar-refractivity contribution in [1.82, 2.24) is 9.78 Å². The molecule has 5 heteroatoms. The van der Waals surface area contributed by atoms with Gasteiger partial charge in [0.25, 0.3) is 5.91 Å². The highest BCUT2D eigenvalue weighted by Gasteiger charge is 2.07. The maximum atomic E-state index is 11.0. The van der Waals surface area contributed by atoms with Crippen LogP contribution in [0.3, 0.4) is 0 Å². The van der Waals surface area contributed by atoms with Crippen LogP contribution in [0.25, 0.3) is 5.69 Å². The smallest absolute Gasteiger partial charge is 0.251 e. The fraction of sp³-hybridized carbons (Fsp3) is 0.231. The fourth-order valence-electron chi connectivity index (χ4n) is 1.68. The quantitative estimate of drug-likeness (QED) is 0.854. The second kappa shape index (κ2) is 5.01. The Bertz CT molecular complexity index is 546. The molecule has 0 aliphatic heterocycles. The number of nitrogens with zero attached hydrogens (tertiary/aromatic N) is 2. The number of aromatic nitrogens is 2. The van der Waals surface area contributed by atoms with E-state index in [4.69, 9.17) is 5.73 Å². The topological polar surface area (TPSA) is 81.1 Å². The highest BCUT2D eigenvalue weighted by Crippen LogP contribution is 2.18. The van der Waals surface area contributed by atoms with Crippen LogP contribution in [0, 0.1) is 0 Å². The van der Waals surface area contributed by atoms with Gasteiger partial charge in [-0.05, 0) is 24.1 Å². The third-order valence-corrected chi connectivity index (χ3v) is 2.80. The molecule has 1 atom stereocenters. The van der Waals surface area contributed by atoms with E-state index in [0.29, 0.717) is 12.0 Å². The van der Waals surface area contributed by atoms with Gasteiger partial charge in [0, 0.05) is 6.20 Å². The lowest BCUT2D eigenvalue weighted by atomic mass is 10.1. The van der Waals surface area contributed by atoms with E-state index in [1.165, 1.54) is 6.20 Å². The van der Waals surface area contributed by atoms with Crippen molar-refractivity contribution in [3.63, 3.8) is 0 Å². The number of benzene rings is 1. The van der Waals surface area contributed by atoms with Crippen LogP contribution in [0.5, 0.6) is 0 Å². The first kappa shape index (κ1) is 12.3. The van der Waals surface area contributed by atoms with E-state index in [0.717, 1.165) is 11.3 Å². The van der Waals surface area contributed by atoms with Gasteiger partial charge >= 0.3 is 0 Å². The number of hydrogen-bond donors (Lipinski definition) is 2. The Morgan fingerprint density at radius 2 is 2.11 bits per heavy atom. The van der Waals surface area contributed by atoms with E-state index in [1.54, 1.807) is 10.9 Å². The summed E-state index contributed by atoms with van der Waals surface area (Å²) in [6.45, 7) is 1.92. The van der Waals surface area contributed by atoms with E-state index in [2.05, 4.69) is 5.10 Å². The zero-order valence-electron chi connectivity index (χ0n) is 10.1. The Hall–Kier alpha value is -2.14. The molecule has 0 fully saturated rings. The van der Waals surface area contributed by atoms with Crippen molar-refractivity contribution in [1.29, 1.82) is 0 Å². The summed E-state index contributed by atoms with van der Waals surface area (Å²) in [5, 5.41) is 13.7. The minimum atomic E-state index is -0.501. The lowest BCUT2D eigenvalue weighted by molar-refractivity contribution is 0.100. The van der Waals surface area contributed by atoms with Crippen molar-refractivity contribution in [2.75, 3.05) is 0 Å². The van der Waals surface area contributed by atoms with Crippen LogP contribution in [0.1, 0.15) is 35.4 Å². The molecule has 18 heavy (non-hydrogen) atoms. The maximum Gasteiger partial charge on any atom is 0.251 e. The van der Waals surface area contributed by atoms with E-state index in [1.807, 2.05) is 31.2 Å². The first-order chi connectivity index (χ1) is 8.61. The van der Waals surface area contributed by atoms with Crippen LogP contribution in [0.15, 0.2) is 36.7 Å². The second-order valence-electron chi connectivity index (χ2n) is 4.05. The molecule has 1 aromatic heterocycles. The molecule has 0 spiro atoms. The molecule has 3 N–H and O–H groups in total. The van der Waals surface area contributed by atoms with Crippen LogP contribution in [0.4, 0.5) is 0 Å². The minimum Gasteiger partial charge on any atom is -0.388 e. The van der Waals surface area contributed by atoms with Gasteiger partial charge in [0.2, 0.25) is 0 Å². The average Bonchev–Trinajstić information content (AvgIpc) is 2.88. The average molecular weight is 245 g/mol.